The van der Waals surface area contributed by atoms with Gasteiger partial charge in [0.1, 0.15) is 0 Å². The molecular weight excluding hydrogens is 468 g/mol. The Bertz CT molecular complexity index is 1010. The van der Waals surface area contributed by atoms with Crippen LogP contribution in [0.3, 0.4) is 0 Å². The van der Waals surface area contributed by atoms with Crippen molar-refractivity contribution in [3.8, 4) is 11.1 Å². The first kappa shape index (κ1) is 27.1. The van der Waals surface area contributed by atoms with E-state index in [1.54, 1.807) is 0 Å². The average Bonchev–Trinajstić information content (AvgIpc) is 2.89. The minimum atomic E-state index is -1.14. The molecule has 0 amide bonds. The van der Waals surface area contributed by atoms with Crippen molar-refractivity contribution in [3.05, 3.63) is 58.7 Å². The molecule has 2 aromatic carbocycles. The summed E-state index contributed by atoms with van der Waals surface area (Å²) in [6.45, 7) is 5.21. The number of hydrogen-bond donors (Lipinski definition) is 0. The summed E-state index contributed by atoms with van der Waals surface area (Å²) in [5.41, 5.74) is -0.0297. The third-order valence-corrected chi connectivity index (χ3v) is 7.88. The van der Waals surface area contributed by atoms with Crippen molar-refractivity contribution in [1.82, 2.24) is 0 Å². The van der Waals surface area contributed by atoms with E-state index >= 15 is 13.2 Å². The molecule has 36 heavy (non-hydrogen) atoms. The molecule has 0 bridgehead atoms. The Labute approximate surface area is 212 Å². The van der Waals surface area contributed by atoms with Gasteiger partial charge in [0.2, 0.25) is 0 Å². The van der Waals surface area contributed by atoms with Gasteiger partial charge in [-0.1, -0.05) is 51.0 Å². The molecule has 2 aliphatic rings. The largest absolute Gasteiger partial charge is 0.378 e. The Morgan fingerprint density at radius 2 is 1.28 bits per heavy atom. The molecule has 0 saturated carbocycles. The minimum Gasteiger partial charge on any atom is -0.378 e. The van der Waals surface area contributed by atoms with Crippen LogP contribution >= 0.6 is 0 Å². The summed E-state index contributed by atoms with van der Waals surface area (Å²) in [5.74, 6) is -4.19. The van der Waals surface area contributed by atoms with Crippen LogP contribution < -0.4 is 0 Å². The summed E-state index contributed by atoms with van der Waals surface area (Å²) >= 11 is 0. The van der Waals surface area contributed by atoms with Gasteiger partial charge >= 0.3 is 0 Å². The fraction of sp³-hybridized carbons (Fsp3) is 0.600. The molecule has 4 unspecified atom stereocenters. The van der Waals surface area contributed by atoms with Crippen molar-refractivity contribution in [2.75, 3.05) is 13.2 Å². The van der Waals surface area contributed by atoms with Gasteiger partial charge in [-0.2, -0.15) is 0 Å². The molecule has 2 aliphatic heterocycles. The van der Waals surface area contributed by atoms with Gasteiger partial charge in [0.25, 0.3) is 0 Å². The normalized spacial score (nSPS) is 24.7. The van der Waals surface area contributed by atoms with Crippen LogP contribution in [-0.2, 0) is 15.9 Å². The fourth-order valence-corrected chi connectivity index (χ4v) is 5.68. The summed E-state index contributed by atoms with van der Waals surface area (Å²) in [7, 11) is 0. The lowest BCUT2D eigenvalue weighted by molar-refractivity contribution is -0.0218. The van der Waals surface area contributed by atoms with Crippen LogP contribution in [0.15, 0.2) is 24.3 Å². The van der Waals surface area contributed by atoms with Crippen molar-refractivity contribution in [1.29, 1.82) is 0 Å². The van der Waals surface area contributed by atoms with Crippen LogP contribution in [0.4, 0.5) is 17.6 Å². The predicted molar refractivity (Wildman–Crippen MR) is 134 cm³/mol. The molecule has 4 atom stereocenters. The Hall–Kier alpha value is -1.92. The highest BCUT2D eigenvalue weighted by molar-refractivity contribution is 5.66. The first-order chi connectivity index (χ1) is 17.4. The highest BCUT2D eigenvalue weighted by Crippen LogP contribution is 2.36. The molecular formula is C30H38F4O2. The van der Waals surface area contributed by atoms with E-state index in [1.165, 1.54) is 24.3 Å². The molecule has 0 aliphatic carbocycles. The second kappa shape index (κ2) is 12.6. The minimum absolute atomic E-state index is 0.164. The first-order valence-corrected chi connectivity index (χ1v) is 13.6. The third kappa shape index (κ3) is 6.13. The summed E-state index contributed by atoms with van der Waals surface area (Å²) in [6.07, 6.45) is 9.21. The van der Waals surface area contributed by atoms with Gasteiger partial charge in [-0.05, 0) is 68.4 Å². The Kier molecular flexibility index (Phi) is 9.46. The van der Waals surface area contributed by atoms with Gasteiger partial charge in [-0.25, -0.2) is 17.6 Å². The SMILES string of the molecule is CCCC1CCC(CCc2ccc(-c3ccc(C4CCC(CCC)OC4)c(F)c3F)c(F)c2F)CO1. The van der Waals surface area contributed by atoms with E-state index in [9.17, 15) is 4.39 Å². The number of benzene rings is 2. The summed E-state index contributed by atoms with van der Waals surface area (Å²) in [5, 5.41) is 0. The second-order valence-electron chi connectivity index (χ2n) is 10.5. The smallest absolute Gasteiger partial charge is 0.167 e. The molecule has 0 spiro atoms. The Morgan fingerprint density at radius 1 is 0.667 bits per heavy atom. The highest BCUT2D eigenvalue weighted by Gasteiger charge is 2.28. The maximum atomic E-state index is 15.1. The molecule has 2 fully saturated rings. The lowest BCUT2D eigenvalue weighted by Gasteiger charge is -2.29. The summed E-state index contributed by atoms with van der Waals surface area (Å²) < 4.78 is 71.8. The monoisotopic (exact) mass is 506 g/mol. The van der Waals surface area contributed by atoms with Crippen molar-refractivity contribution >= 4 is 0 Å². The zero-order valence-electron chi connectivity index (χ0n) is 21.4. The molecule has 4 rings (SSSR count). The Morgan fingerprint density at radius 3 is 1.86 bits per heavy atom. The predicted octanol–water partition coefficient (Wildman–Crippen LogP) is 8.50. The zero-order valence-corrected chi connectivity index (χ0v) is 21.4. The van der Waals surface area contributed by atoms with Crippen LogP contribution in [0.1, 0.15) is 88.7 Å². The van der Waals surface area contributed by atoms with Crippen molar-refractivity contribution in [2.24, 2.45) is 5.92 Å². The maximum Gasteiger partial charge on any atom is 0.167 e. The number of hydrogen-bond acceptors (Lipinski definition) is 2. The van der Waals surface area contributed by atoms with Crippen LogP contribution in [0.5, 0.6) is 0 Å². The van der Waals surface area contributed by atoms with Gasteiger partial charge < -0.3 is 9.47 Å². The van der Waals surface area contributed by atoms with E-state index in [2.05, 4.69) is 13.8 Å². The molecule has 0 N–H and O–H groups in total. The highest BCUT2D eigenvalue weighted by atomic mass is 19.2. The van der Waals surface area contributed by atoms with Crippen molar-refractivity contribution in [3.63, 3.8) is 0 Å². The van der Waals surface area contributed by atoms with Crippen LogP contribution in [-0.4, -0.2) is 25.4 Å². The molecule has 2 saturated heterocycles. The lowest BCUT2D eigenvalue weighted by Crippen LogP contribution is -2.26. The standard InChI is InChI=1S/C30H38F4O2/c1-3-5-22-12-8-19(17-35-22)7-9-20-11-14-25(29(33)27(20)31)26-16-15-24(28(32)30(26)34)21-10-13-23(6-4-2)36-18-21/h11,14-16,19,21-23H,3-10,12-13,17-18H2,1-2H3. The van der Waals surface area contributed by atoms with Gasteiger partial charge in [0.05, 0.1) is 18.8 Å². The van der Waals surface area contributed by atoms with Crippen LogP contribution in [0.2, 0.25) is 0 Å². The molecule has 2 aromatic rings. The topological polar surface area (TPSA) is 18.5 Å². The van der Waals surface area contributed by atoms with Gasteiger partial charge in [-0.3, -0.25) is 0 Å². The van der Waals surface area contributed by atoms with E-state index in [1.807, 2.05) is 0 Å². The fourth-order valence-electron chi connectivity index (χ4n) is 5.68. The lowest BCUT2D eigenvalue weighted by atomic mass is 9.88. The zero-order chi connectivity index (χ0) is 25.7. The number of ether oxygens (including phenoxy) is 2. The second-order valence-corrected chi connectivity index (χ2v) is 10.5. The van der Waals surface area contributed by atoms with E-state index in [4.69, 9.17) is 9.47 Å². The summed E-state index contributed by atoms with van der Waals surface area (Å²) in [4.78, 5) is 0. The number of halogens is 4. The molecule has 2 heterocycles. The van der Waals surface area contributed by atoms with Crippen LogP contribution in [0, 0.1) is 29.2 Å². The number of rotatable bonds is 9. The van der Waals surface area contributed by atoms with E-state index in [0.29, 0.717) is 44.5 Å². The third-order valence-electron chi connectivity index (χ3n) is 7.88. The van der Waals surface area contributed by atoms with Crippen molar-refractivity contribution < 1.29 is 27.0 Å². The van der Waals surface area contributed by atoms with Gasteiger partial charge in [-0.15, -0.1) is 0 Å². The molecule has 2 nitrogen and oxygen atoms in total. The van der Waals surface area contributed by atoms with E-state index in [-0.39, 0.29) is 34.3 Å². The van der Waals surface area contributed by atoms with E-state index < -0.39 is 23.3 Å². The first-order valence-electron chi connectivity index (χ1n) is 13.6. The average molecular weight is 507 g/mol. The molecule has 6 heteroatoms. The van der Waals surface area contributed by atoms with Gasteiger partial charge in [0.15, 0.2) is 23.3 Å². The molecule has 0 aromatic heterocycles. The molecule has 198 valence electrons. The summed E-state index contributed by atoms with van der Waals surface area (Å²) in [6, 6.07) is 5.70. The number of aryl methyl sites for hydroxylation is 1. The maximum absolute atomic E-state index is 15.1. The van der Waals surface area contributed by atoms with Gasteiger partial charge in [0, 0.05) is 23.7 Å². The Balaban J connectivity index is 1.43. The molecule has 0 radical (unpaired) electrons. The van der Waals surface area contributed by atoms with Crippen LogP contribution in [0.25, 0.3) is 11.1 Å². The van der Waals surface area contributed by atoms with Crippen molar-refractivity contribution in [2.45, 2.75) is 96.2 Å². The quantitative estimate of drug-likeness (QED) is 0.318. The van der Waals surface area contributed by atoms with E-state index in [0.717, 1.165) is 44.9 Å².